The van der Waals surface area contributed by atoms with Crippen molar-refractivity contribution < 1.29 is 19.4 Å². The maximum Gasteiger partial charge on any atom is 0.317 e. The molecule has 27 heavy (non-hydrogen) atoms. The maximum atomic E-state index is 12.1. The molecule has 1 heterocycles. The minimum atomic E-state index is -0.823. The van der Waals surface area contributed by atoms with E-state index in [1.54, 1.807) is 6.07 Å². The van der Waals surface area contributed by atoms with Gasteiger partial charge in [0.25, 0.3) is 0 Å². The third-order valence-electron chi connectivity index (χ3n) is 4.33. The molecule has 0 aliphatic heterocycles. The molecule has 2 rings (SSSR count). The third kappa shape index (κ3) is 7.05. The monoisotopic (exact) mass is 378 g/mol. The minimum absolute atomic E-state index is 0.0404. The molecule has 1 aromatic rings. The van der Waals surface area contributed by atoms with Gasteiger partial charge in [-0.2, -0.15) is 0 Å². The van der Waals surface area contributed by atoms with Gasteiger partial charge in [-0.3, -0.25) is 9.69 Å². The summed E-state index contributed by atoms with van der Waals surface area (Å²) in [7, 11) is 0. The Labute approximate surface area is 160 Å². The minimum Gasteiger partial charge on any atom is -0.480 e. The number of hydrogen-bond donors (Lipinski definition) is 3. The van der Waals surface area contributed by atoms with E-state index in [0.29, 0.717) is 19.0 Å². The summed E-state index contributed by atoms with van der Waals surface area (Å²) in [6.07, 6.45) is 1.53. The number of carbonyl (C=O) groups excluding carboxylic acids is 1. The fourth-order valence-corrected chi connectivity index (χ4v) is 3.01. The van der Waals surface area contributed by atoms with Crippen molar-refractivity contribution in [2.45, 2.75) is 64.8 Å². The van der Waals surface area contributed by atoms with Gasteiger partial charge in [0.1, 0.15) is 5.60 Å². The molecule has 1 aliphatic rings. The molecule has 0 spiro atoms. The molecular weight excluding hydrogens is 348 g/mol. The Morgan fingerprint density at radius 3 is 2.63 bits per heavy atom. The van der Waals surface area contributed by atoms with Crippen molar-refractivity contribution in [3.05, 3.63) is 23.9 Å². The van der Waals surface area contributed by atoms with Crippen molar-refractivity contribution in [2.75, 3.05) is 13.1 Å². The molecule has 2 amide bonds. The van der Waals surface area contributed by atoms with Crippen LogP contribution in [0.5, 0.6) is 5.88 Å². The van der Waals surface area contributed by atoms with Crippen molar-refractivity contribution in [1.82, 2.24) is 20.5 Å². The molecule has 1 aliphatic carbocycles. The molecular formula is C19H30N4O4. The number of rotatable bonds is 8. The van der Waals surface area contributed by atoms with Crippen molar-refractivity contribution in [3.63, 3.8) is 0 Å². The van der Waals surface area contributed by atoms with Gasteiger partial charge in [-0.25, -0.2) is 9.78 Å². The number of urea groups is 1. The number of likely N-dealkylation sites (N-methyl/N-ethyl adjacent to an activating group) is 1. The van der Waals surface area contributed by atoms with E-state index in [1.165, 1.54) is 0 Å². The topological polar surface area (TPSA) is 104 Å². The van der Waals surface area contributed by atoms with Crippen LogP contribution in [0.25, 0.3) is 0 Å². The second-order valence-corrected chi connectivity index (χ2v) is 7.79. The summed E-state index contributed by atoms with van der Waals surface area (Å²) in [6.45, 7) is 8.84. The zero-order chi connectivity index (χ0) is 20.0. The number of carboxylic acid groups (broad SMARTS) is 1. The van der Waals surface area contributed by atoms with E-state index >= 15 is 0 Å². The number of nitrogens with one attached hydrogen (secondary N) is 2. The van der Waals surface area contributed by atoms with Crippen LogP contribution in [0.3, 0.4) is 0 Å². The van der Waals surface area contributed by atoms with Crippen LogP contribution >= 0.6 is 0 Å². The highest BCUT2D eigenvalue weighted by atomic mass is 16.5. The van der Waals surface area contributed by atoms with Gasteiger partial charge in [0, 0.05) is 18.2 Å². The van der Waals surface area contributed by atoms with Crippen LogP contribution in [-0.4, -0.2) is 57.8 Å². The number of pyridine rings is 1. The molecule has 0 unspecified atom stereocenters. The van der Waals surface area contributed by atoms with E-state index in [-0.39, 0.29) is 30.3 Å². The first-order valence-electron chi connectivity index (χ1n) is 9.31. The van der Waals surface area contributed by atoms with Gasteiger partial charge in [-0.15, -0.1) is 0 Å². The fraction of sp³-hybridized carbons (Fsp3) is 0.632. The fourth-order valence-electron chi connectivity index (χ4n) is 3.01. The summed E-state index contributed by atoms with van der Waals surface area (Å²) in [6, 6.07) is 5.51. The van der Waals surface area contributed by atoms with Gasteiger partial charge in [0.05, 0.1) is 18.8 Å². The molecule has 0 radical (unpaired) electrons. The summed E-state index contributed by atoms with van der Waals surface area (Å²) in [4.78, 5) is 29.2. The van der Waals surface area contributed by atoms with E-state index < -0.39 is 5.97 Å². The molecule has 0 aromatic carbocycles. The van der Waals surface area contributed by atoms with Crippen LogP contribution in [0.1, 0.15) is 46.2 Å². The average Bonchev–Trinajstić information content (AvgIpc) is 2.52. The van der Waals surface area contributed by atoms with E-state index in [0.717, 1.165) is 18.5 Å². The number of aromatic nitrogens is 1. The Bertz CT molecular complexity index is 653. The highest BCUT2D eigenvalue weighted by Crippen LogP contribution is 2.25. The Balaban J connectivity index is 1.73. The van der Waals surface area contributed by atoms with Crippen LogP contribution in [0, 0.1) is 0 Å². The van der Waals surface area contributed by atoms with E-state index in [9.17, 15) is 9.59 Å². The Morgan fingerprint density at radius 2 is 2.04 bits per heavy atom. The van der Waals surface area contributed by atoms with Gasteiger partial charge in [-0.05, 0) is 46.2 Å². The van der Waals surface area contributed by atoms with Crippen LogP contribution in [-0.2, 0) is 11.3 Å². The second-order valence-electron chi connectivity index (χ2n) is 7.79. The lowest BCUT2D eigenvalue weighted by molar-refractivity contribution is -0.139. The molecule has 0 atom stereocenters. The number of carbonyl (C=O) groups is 2. The molecule has 0 saturated heterocycles. The van der Waals surface area contributed by atoms with E-state index in [4.69, 9.17) is 9.84 Å². The van der Waals surface area contributed by atoms with Gasteiger partial charge < -0.3 is 20.5 Å². The van der Waals surface area contributed by atoms with Gasteiger partial charge in [0.15, 0.2) is 0 Å². The Morgan fingerprint density at radius 1 is 1.33 bits per heavy atom. The van der Waals surface area contributed by atoms with Crippen molar-refractivity contribution in [1.29, 1.82) is 0 Å². The summed E-state index contributed by atoms with van der Waals surface area (Å²) >= 11 is 0. The maximum absolute atomic E-state index is 12.1. The first-order valence-corrected chi connectivity index (χ1v) is 9.31. The summed E-state index contributed by atoms with van der Waals surface area (Å²) < 4.78 is 5.73. The summed E-state index contributed by atoms with van der Waals surface area (Å²) in [5, 5.41) is 14.6. The lowest BCUT2D eigenvalue weighted by atomic mass is 9.85. The SMILES string of the molecule is CCN(CC(=O)O)C1CC(NC(=O)NCc2cccc(OC(C)(C)C)n2)C1. The zero-order valence-corrected chi connectivity index (χ0v) is 16.5. The Hall–Kier alpha value is -2.35. The molecule has 0 bridgehead atoms. The number of amides is 2. The molecule has 1 fully saturated rings. The van der Waals surface area contributed by atoms with E-state index in [1.807, 2.05) is 44.7 Å². The van der Waals surface area contributed by atoms with Gasteiger partial charge in [-0.1, -0.05) is 13.0 Å². The number of hydrogen-bond acceptors (Lipinski definition) is 5. The van der Waals surface area contributed by atoms with Crippen LogP contribution in [0.2, 0.25) is 0 Å². The van der Waals surface area contributed by atoms with Crippen LogP contribution in [0.4, 0.5) is 4.79 Å². The first kappa shape index (κ1) is 21.0. The van der Waals surface area contributed by atoms with Gasteiger partial charge >= 0.3 is 12.0 Å². The van der Waals surface area contributed by atoms with Crippen molar-refractivity contribution >= 4 is 12.0 Å². The quantitative estimate of drug-likeness (QED) is 0.639. The first-order chi connectivity index (χ1) is 12.7. The lowest BCUT2D eigenvalue weighted by Gasteiger charge is -2.42. The number of nitrogens with zero attached hydrogens (tertiary/aromatic N) is 2. The summed E-state index contributed by atoms with van der Waals surface area (Å²) in [5.74, 6) is -0.293. The lowest BCUT2D eigenvalue weighted by Crippen LogP contribution is -2.56. The van der Waals surface area contributed by atoms with E-state index in [2.05, 4.69) is 15.6 Å². The number of carboxylic acids is 1. The number of aliphatic carboxylic acids is 1. The predicted octanol–water partition coefficient (Wildman–Crippen LogP) is 2.00. The predicted molar refractivity (Wildman–Crippen MR) is 102 cm³/mol. The summed E-state index contributed by atoms with van der Waals surface area (Å²) in [5.41, 5.74) is 0.390. The Kier molecular flexibility index (Phi) is 7.01. The zero-order valence-electron chi connectivity index (χ0n) is 16.5. The molecule has 1 saturated carbocycles. The molecule has 150 valence electrons. The second kappa shape index (κ2) is 9.03. The highest BCUT2D eigenvalue weighted by molar-refractivity contribution is 5.74. The normalized spacial score (nSPS) is 19.3. The third-order valence-corrected chi connectivity index (χ3v) is 4.33. The molecule has 1 aromatic heterocycles. The largest absolute Gasteiger partial charge is 0.480 e. The van der Waals surface area contributed by atoms with Crippen LogP contribution < -0.4 is 15.4 Å². The molecule has 3 N–H and O–H groups in total. The standard InChI is InChI=1S/C19H30N4O4/c1-5-23(12-17(24)25)15-9-14(10-15)22-18(26)20-11-13-7-6-8-16(21-13)27-19(2,3)4/h6-8,14-15H,5,9-12H2,1-4H3,(H,24,25)(H2,20,22,26). The van der Waals surface area contributed by atoms with Crippen molar-refractivity contribution in [2.24, 2.45) is 0 Å². The van der Waals surface area contributed by atoms with Crippen molar-refractivity contribution in [3.8, 4) is 5.88 Å². The van der Waals surface area contributed by atoms with Gasteiger partial charge in [0.2, 0.25) is 5.88 Å². The average molecular weight is 378 g/mol. The smallest absolute Gasteiger partial charge is 0.317 e. The number of ether oxygens (including phenoxy) is 1. The van der Waals surface area contributed by atoms with Crippen LogP contribution in [0.15, 0.2) is 18.2 Å². The molecule has 8 heteroatoms. The molecule has 8 nitrogen and oxygen atoms in total. The highest BCUT2D eigenvalue weighted by Gasteiger charge is 2.34.